The van der Waals surface area contributed by atoms with Crippen LogP contribution in [-0.2, 0) is 6.54 Å². The van der Waals surface area contributed by atoms with Crippen LogP contribution in [0.25, 0.3) is 0 Å². The third-order valence-corrected chi connectivity index (χ3v) is 2.68. The zero-order chi connectivity index (χ0) is 11.4. The number of hydrogen-bond donors (Lipinski definition) is 2. The molecule has 0 radical (unpaired) electrons. The summed E-state index contributed by atoms with van der Waals surface area (Å²) in [5.74, 6) is 0. The Morgan fingerprint density at radius 1 is 0.938 bits per heavy atom. The van der Waals surface area contributed by atoms with Crippen molar-refractivity contribution in [2.24, 2.45) is 5.73 Å². The zero-order valence-electron chi connectivity index (χ0n) is 9.01. The van der Waals surface area contributed by atoms with E-state index in [9.17, 15) is 5.11 Å². The van der Waals surface area contributed by atoms with Gasteiger partial charge in [0.25, 0.3) is 0 Å². The van der Waals surface area contributed by atoms with Gasteiger partial charge in [0, 0.05) is 6.54 Å². The largest absolute Gasteiger partial charge is 0.384 e. The van der Waals surface area contributed by atoms with E-state index in [1.54, 1.807) is 0 Å². The molecule has 3 N–H and O–H groups in total. The summed E-state index contributed by atoms with van der Waals surface area (Å²) >= 11 is 0. The Bertz CT molecular complexity index is 453. The fourth-order valence-electron chi connectivity index (χ4n) is 1.80. The van der Waals surface area contributed by atoms with Crippen LogP contribution in [-0.4, -0.2) is 5.11 Å². The smallest absolute Gasteiger partial charge is 0.104 e. The third-order valence-electron chi connectivity index (χ3n) is 2.68. The predicted molar refractivity (Wildman–Crippen MR) is 64.8 cm³/mol. The molecule has 0 saturated heterocycles. The lowest BCUT2D eigenvalue weighted by Gasteiger charge is -2.14. The number of aliphatic hydroxyl groups excluding tert-OH is 1. The van der Waals surface area contributed by atoms with Crippen LogP contribution in [0.15, 0.2) is 54.6 Å². The lowest BCUT2D eigenvalue weighted by atomic mass is 9.97. The standard InChI is InChI=1S/C14H15NO/c15-10-12-8-4-5-9-13(12)14(16)11-6-2-1-3-7-11/h1-9,14,16H,10,15H2. The molecule has 1 unspecified atom stereocenters. The van der Waals surface area contributed by atoms with Crippen LogP contribution >= 0.6 is 0 Å². The molecule has 0 aliphatic rings. The Balaban J connectivity index is 2.37. The number of hydrogen-bond acceptors (Lipinski definition) is 2. The Kier molecular flexibility index (Phi) is 3.34. The van der Waals surface area contributed by atoms with E-state index in [2.05, 4.69) is 0 Å². The van der Waals surface area contributed by atoms with E-state index >= 15 is 0 Å². The summed E-state index contributed by atoms with van der Waals surface area (Å²) in [6, 6.07) is 17.3. The summed E-state index contributed by atoms with van der Waals surface area (Å²) in [4.78, 5) is 0. The summed E-state index contributed by atoms with van der Waals surface area (Å²) in [6.07, 6.45) is -0.596. The molecule has 0 saturated carbocycles. The fourth-order valence-corrected chi connectivity index (χ4v) is 1.80. The molecule has 0 amide bonds. The molecule has 2 rings (SSSR count). The van der Waals surface area contributed by atoms with Crippen LogP contribution in [0.5, 0.6) is 0 Å². The van der Waals surface area contributed by atoms with Gasteiger partial charge in [-0.05, 0) is 16.7 Å². The Labute approximate surface area is 95.4 Å². The van der Waals surface area contributed by atoms with E-state index in [1.165, 1.54) is 0 Å². The van der Waals surface area contributed by atoms with Crippen molar-refractivity contribution in [1.29, 1.82) is 0 Å². The van der Waals surface area contributed by atoms with Crippen LogP contribution in [0.1, 0.15) is 22.8 Å². The summed E-state index contributed by atoms with van der Waals surface area (Å²) in [5.41, 5.74) is 8.42. The van der Waals surface area contributed by atoms with E-state index in [1.807, 2.05) is 54.6 Å². The highest BCUT2D eigenvalue weighted by atomic mass is 16.3. The SMILES string of the molecule is NCc1ccccc1C(O)c1ccccc1. The van der Waals surface area contributed by atoms with Crippen molar-refractivity contribution in [3.8, 4) is 0 Å². The molecule has 2 aromatic rings. The molecule has 82 valence electrons. The van der Waals surface area contributed by atoms with Gasteiger partial charge in [0.15, 0.2) is 0 Å². The van der Waals surface area contributed by atoms with E-state index in [0.717, 1.165) is 16.7 Å². The summed E-state index contributed by atoms with van der Waals surface area (Å²) in [5, 5.41) is 10.2. The van der Waals surface area contributed by atoms with E-state index in [0.29, 0.717) is 6.54 Å². The fraction of sp³-hybridized carbons (Fsp3) is 0.143. The van der Waals surface area contributed by atoms with Crippen molar-refractivity contribution in [3.05, 3.63) is 71.3 Å². The van der Waals surface area contributed by atoms with Crippen molar-refractivity contribution in [1.82, 2.24) is 0 Å². The second kappa shape index (κ2) is 4.92. The van der Waals surface area contributed by atoms with Gasteiger partial charge in [0.1, 0.15) is 6.10 Å². The highest BCUT2D eigenvalue weighted by molar-refractivity contribution is 5.35. The molecular formula is C14H15NO. The molecule has 1 atom stereocenters. The molecule has 2 nitrogen and oxygen atoms in total. The van der Waals surface area contributed by atoms with Gasteiger partial charge in [-0.3, -0.25) is 0 Å². The Hall–Kier alpha value is -1.64. The van der Waals surface area contributed by atoms with E-state index in [4.69, 9.17) is 5.73 Å². The minimum Gasteiger partial charge on any atom is -0.384 e. The number of benzene rings is 2. The first-order valence-corrected chi connectivity index (χ1v) is 5.34. The zero-order valence-corrected chi connectivity index (χ0v) is 9.01. The van der Waals surface area contributed by atoms with Crippen LogP contribution < -0.4 is 5.73 Å². The molecule has 0 heterocycles. The number of rotatable bonds is 3. The van der Waals surface area contributed by atoms with Crippen LogP contribution in [0.3, 0.4) is 0 Å². The Morgan fingerprint density at radius 2 is 1.56 bits per heavy atom. The molecular weight excluding hydrogens is 198 g/mol. The van der Waals surface area contributed by atoms with Crippen LogP contribution in [0, 0.1) is 0 Å². The molecule has 0 aliphatic heterocycles. The van der Waals surface area contributed by atoms with Crippen LogP contribution in [0.2, 0.25) is 0 Å². The van der Waals surface area contributed by atoms with Gasteiger partial charge in [0.2, 0.25) is 0 Å². The number of aliphatic hydroxyl groups is 1. The average molecular weight is 213 g/mol. The molecule has 0 bridgehead atoms. The average Bonchev–Trinajstić information content (AvgIpc) is 2.39. The maximum atomic E-state index is 10.2. The second-order valence-corrected chi connectivity index (χ2v) is 3.72. The van der Waals surface area contributed by atoms with Crippen molar-refractivity contribution in [2.75, 3.05) is 0 Å². The number of nitrogens with two attached hydrogens (primary N) is 1. The summed E-state index contributed by atoms with van der Waals surface area (Å²) in [7, 11) is 0. The second-order valence-electron chi connectivity index (χ2n) is 3.72. The molecule has 16 heavy (non-hydrogen) atoms. The molecule has 0 aromatic heterocycles. The lowest BCUT2D eigenvalue weighted by molar-refractivity contribution is 0.219. The lowest BCUT2D eigenvalue weighted by Crippen LogP contribution is -2.07. The monoisotopic (exact) mass is 213 g/mol. The molecule has 2 heteroatoms. The topological polar surface area (TPSA) is 46.2 Å². The van der Waals surface area contributed by atoms with Crippen LogP contribution in [0.4, 0.5) is 0 Å². The summed E-state index contributed by atoms with van der Waals surface area (Å²) < 4.78 is 0. The van der Waals surface area contributed by atoms with Gasteiger partial charge < -0.3 is 10.8 Å². The first-order valence-electron chi connectivity index (χ1n) is 5.34. The van der Waals surface area contributed by atoms with Crippen molar-refractivity contribution in [3.63, 3.8) is 0 Å². The molecule has 2 aromatic carbocycles. The van der Waals surface area contributed by atoms with Gasteiger partial charge >= 0.3 is 0 Å². The first kappa shape index (κ1) is 10.9. The van der Waals surface area contributed by atoms with Gasteiger partial charge in [-0.25, -0.2) is 0 Å². The Morgan fingerprint density at radius 3 is 2.25 bits per heavy atom. The van der Waals surface area contributed by atoms with Crippen molar-refractivity contribution < 1.29 is 5.11 Å². The van der Waals surface area contributed by atoms with Crippen molar-refractivity contribution in [2.45, 2.75) is 12.6 Å². The first-order chi connectivity index (χ1) is 7.83. The molecule has 0 spiro atoms. The van der Waals surface area contributed by atoms with Gasteiger partial charge in [-0.2, -0.15) is 0 Å². The van der Waals surface area contributed by atoms with Gasteiger partial charge in [-0.1, -0.05) is 54.6 Å². The van der Waals surface area contributed by atoms with Crippen molar-refractivity contribution >= 4 is 0 Å². The molecule has 0 aliphatic carbocycles. The maximum absolute atomic E-state index is 10.2. The third kappa shape index (κ3) is 2.13. The van der Waals surface area contributed by atoms with Gasteiger partial charge in [0.05, 0.1) is 0 Å². The summed E-state index contributed by atoms with van der Waals surface area (Å²) in [6.45, 7) is 0.445. The minimum absolute atomic E-state index is 0.445. The predicted octanol–water partition coefficient (Wildman–Crippen LogP) is 2.23. The highest BCUT2D eigenvalue weighted by Crippen LogP contribution is 2.24. The van der Waals surface area contributed by atoms with E-state index < -0.39 is 6.10 Å². The van der Waals surface area contributed by atoms with E-state index in [-0.39, 0.29) is 0 Å². The minimum atomic E-state index is -0.596. The molecule has 0 fully saturated rings. The maximum Gasteiger partial charge on any atom is 0.104 e. The van der Waals surface area contributed by atoms with Gasteiger partial charge in [-0.15, -0.1) is 0 Å². The highest BCUT2D eigenvalue weighted by Gasteiger charge is 2.12. The normalized spacial score (nSPS) is 12.4. The quantitative estimate of drug-likeness (QED) is 0.821.